The second-order valence-electron chi connectivity index (χ2n) is 4.93. The number of rotatable bonds is 4. The van der Waals surface area contributed by atoms with E-state index >= 15 is 0 Å². The van der Waals surface area contributed by atoms with Crippen LogP contribution in [-0.4, -0.2) is 19.3 Å². The molecule has 3 nitrogen and oxygen atoms in total. The first-order valence-electron chi connectivity index (χ1n) is 6.60. The summed E-state index contributed by atoms with van der Waals surface area (Å²) < 4.78 is 5.38. The minimum absolute atomic E-state index is 0.500. The SMILES string of the molecule is CC(NCc1cccc(C#N)c1)C1CCOCC1. The predicted molar refractivity (Wildman–Crippen MR) is 71.0 cm³/mol. The summed E-state index contributed by atoms with van der Waals surface area (Å²) in [6.45, 7) is 4.85. The molecule has 18 heavy (non-hydrogen) atoms. The molecule has 0 aliphatic carbocycles. The van der Waals surface area contributed by atoms with Gasteiger partial charge in [0.25, 0.3) is 0 Å². The Morgan fingerprint density at radius 1 is 1.44 bits per heavy atom. The summed E-state index contributed by atoms with van der Waals surface area (Å²) in [4.78, 5) is 0. The quantitative estimate of drug-likeness (QED) is 0.885. The molecule has 3 heteroatoms. The van der Waals surface area contributed by atoms with Crippen LogP contribution in [-0.2, 0) is 11.3 Å². The van der Waals surface area contributed by atoms with Gasteiger partial charge in [-0.1, -0.05) is 12.1 Å². The van der Waals surface area contributed by atoms with Crippen molar-refractivity contribution in [1.29, 1.82) is 5.26 Å². The van der Waals surface area contributed by atoms with Crippen molar-refractivity contribution in [2.45, 2.75) is 32.4 Å². The van der Waals surface area contributed by atoms with Crippen LogP contribution in [0.25, 0.3) is 0 Å². The molecule has 0 bridgehead atoms. The van der Waals surface area contributed by atoms with Crippen LogP contribution in [0.15, 0.2) is 24.3 Å². The zero-order valence-corrected chi connectivity index (χ0v) is 10.9. The molecule has 0 radical (unpaired) electrons. The summed E-state index contributed by atoms with van der Waals surface area (Å²) >= 11 is 0. The van der Waals surface area contributed by atoms with Crippen LogP contribution in [0, 0.1) is 17.2 Å². The van der Waals surface area contributed by atoms with Gasteiger partial charge in [0, 0.05) is 25.8 Å². The van der Waals surface area contributed by atoms with Crippen molar-refractivity contribution in [3.63, 3.8) is 0 Å². The first kappa shape index (κ1) is 13.1. The second-order valence-corrected chi connectivity index (χ2v) is 4.93. The third kappa shape index (κ3) is 3.56. The number of nitrogens with zero attached hydrogens (tertiary/aromatic N) is 1. The van der Waals surface area contributed by atoms with E-state index in [2.05, 4.69) is 24.4 Å². The summed E-state index contributed by atoms with van der Waals surface area (Å²) in [5.74, 6) is 0.706. The monoisotopic (exact) mass is 244 g/mol. The highest BCUT2D eigenvalue weighted by molar-refractivity contribution is 5.32. The Balaban J connectivity index is 1.84. The molecule has 1 aromatic carbocycles. The molecule has 1 aliphatic heterocycles. The maximum absolute atomic E-state index is 8.86. The Kier molecular flexibility index (Phi) is 4.74. The second kappa shape index (κ2) is 6.53. The van der Waals surface area contributed by atoms with Crippen molar-refractivity contribution in [2.75, 3.05) is 13.2 Å². The molecular formula is C15H20N2O. The van der Waals surface area contributed by atoms with E-state index < -0.39 is 0 Å². The van der Waals surface area contributed by atoms with E-state index in [9.17, 15) is 0 Å². The smallest absolute Gasteiger partial charge is 0.0991 e. The fourth-order valence-corrected chi connectivity index (χ4v) is 2.41. The lowest BCUT2D eigenvalue weighted by Crippen LogP contribution is -2.36. The fraction of sp³-hybridized carbons (Fsp3) is 0.533. The van der Waals surface area contributed by atoms with Crippen LogP contribution < -0.4 is 5.32 Å². The lowest BCUT2D eigenvalue weighted by Gasteiger charge is -2.28. The predicted octanol–water partition coefficient (Wildman–Crippen LogP) is 2.46. The van der Waals surface area contributed by atoms with Gasteiger partial charge in [-0.3, -0.25) is 0 Å². The van der Waals surface area contributed by atoms with Gasteiger partial charge in [-0.2, -0.15) is 5.26 Å². The minimum atomic E-state index is 0.500. The Morgan fingerprint density at radius 3 is 2.94 bits per heavy atom. The molecule has 0 spiro atoms. The lowest BCUT2D eigenvalue weighted by molar-refractivity contribution is 0.0558. The highest BCUT2D eigenvalue weighted by Crippen LogP contribution is 2.18. The molecule has 0 aromatic heterocycles. The van der Waals surface area contributed by atoms with Gasteiger partial charge in [0.1, 0.15) is 0 Å². The first-order chi connectivity index (χ1) is 8.79. The van der Waals surface area contributed by atoms with Gasteiger partial charge in [-0.05, 0) is 43.4 Å². The maximum Gasteiger partial charge on any atom is 0.0991 e. The lowest BCUT2D eigenvalue weighted by atomic mass is 9.93. The molecule has 1 unspecified atom stereocenters. The number of nitriles is 1. The van der Waals surface area contributed by atoms with Gasteiger partial charge in [0.2, 0.25) is 0 Å². The van der Waals surface area contributed by atoms with Crippen LogP contribution in [0.2, 0.25) is 0 Å². The summed E-state index contributed by atoms with van der Waals surface area (Å²) in [6, 6.07) is 10.5. The zero-order chi connectivity index (χ0) is 12.8. The number of hydrogen-bond acceptors (Lipinski definition) is 3. The Labute approximate surface area is 109 Å². The highest BCUT2D eigenvalue weighted by Gasteiger charge is 2.19. The van der Waals surface area contributed by atoms with Crippen LogP contribution in [0.5, 0.6) is 0 Å². The number of hydrogen-bond donors (Lipinski definition) is 1. The minimum Gasteiger partial charge on any atom is -0.381 e. The van der Waals surface area contributed by atoms with Crippen molar-refractivity contribution in [3.8, 4) is 6.07 Å². The maximum atomic E-state index is 8.86. The highest BCUT2D eigenvalue weighted by atomic mass is 16.5. The molecule has 2 rings (SSSR count). The van der Waals surface area contributed by atoms with Gasteiger partial charge in [0.15, 0.2) is 0 Å². The van der Waals surface area contributed by atoms with Crippen molar-refractivity contribution in [1.82, 2.24) is 5.32 Å². The standard InChI is InChI=1S/C15H20N2O/c1-12(15-5-7-18-8-6-15)17-11-14-4-2-3-13(9-14)10-16/h2-4,9,12,15,17H,5-8,11H2,1H3. The zero-order valence-electron chi connectivity index (χ0n) is 10.9. The number of benzene rings is 1. The Bertz CT molecular complexity index is 419. The Hall–Kier alpha value is -1.37. The van der Waals surface area contributed by atoms with Crippen molar-refractivity contribution in [2.24, 2.45) is 5.92 Å². The van der Waals surface area contributed by atoms with Crippen LogP contribution in [0.4, 0.5) is 0 Å². The number of ether oxygens (including phenoxy) is 1. The van der Waals surface area contributed by atoms with E-state index in [4.69, 9.17) is 10.00 Å². The molecule has 1 fully saturated rings. The normalized spacial score (nSPS) is 18.2. The number of nitrogens with one attached hydrogen (secondary N) is 1. The molecule has 1 aromatic rings. The molecule has 1 aliphatic rings. The largest absolute Gasteiger partial charge is 0.381 e. The summed E-state index contributed by atoms with van der Waals surface area (Å²) in [5, 5.41) is 12.4. The van der Waals surface area contributed by atoms with E-state index in [-0.39, 0.29) is 0 Å². The molecule has 0 saturated carbocycles. The summed E-state index contributed by atoms with van der Waals surface area (Å²) in [5.41, 5.74) is 1.90. The third-order valence-corrected chi connectivity index (χ3v) is 3.66. The average molecular weight is 244 g/mol. The molecule has 0 amide bonds. The van der Waals surface area contributed by atoms with E-state index in [1.165, 1.54) is 5.56 Å². The van der Waals surface area contributed by atoms with E-state index in [0.717, 1.165) is 38.2 Å². The van der Waals surface area contributed by atoms with Gasteiger partial charge in [-0.25, -0.2) is 0 Å². The molecule has 1 heterocycles. The molecule has 1 atom stereocenters. The van der Waals surface area contributed by atoms with Gasteiger partial charge in [0.05, 0.1) is 11.6 Å². The van der Waals surface area contributed by atoms with Crippen molar-refractivity contribution in [3.05, 3.63) is 35.4 Å². The average Bonchev–Trinajstić information content (AvgIpc) is 2.46. The molecule has 1 N–H and O–H groups in total. The van der Waals surface area contributed by atoms with Crippen LogP contribution in [0.3, 0.4) is 0 Å². The van der Waals surface area contributed by atoms with Gasteiger partial charge >= 0.3 is 0 Å². The van der Waals surface area contributed by atoms with E-state index in [1.807, 2.05) is 18.2 Å². The van der Waals surface area contributed by atoms with Gasteiger partial charge in [-0.15, -0.1) is 0 Å². The summed E-state index contributed by atoms with van der Waals surface area (Å²) in [6.07, 6.45) is 2.29. The molecule has 1 saturated heterocycles. The molecular weight excluding hydrogens is 224 g/mol. The third-order valence-electron chi connectivity index (χ3n) is 3.66. The van der Waals surface area contributed by atoms with Crippen molar-refractivity contribution >= 4 is 0 Å². The van der Waals surface area contributed by atoms with Gasteiger partial charge < -0.3 is 10.1 Å². The topological polar surface area (TPSA) is 45.0 Å². The fourth-order valence-electron chi connectivity index (χ4n) is 2.41. The van der Waals surface area contributed by atoms with E-state index in [0.29, 0.717) is 12.0 Å². The summed E-state index contributed by atoms with van der Waals surface area (Å²) in [7, 11) is 0. The van der Waals surface area contributed by atoms with Crippen LogP contribution >= 0.6 is 0 Å². The Morgan fingerprint density at radius 2 is 2.22 bits per heavy atom. The van der Waals surface area contributed by atoms with E-state index in [1.54, 1.807) is 0 Å². The molecule has 96 valence electrons. The van der Waals surface area contributed by atoms with Crippen LogP contribution in [0.1, 0.15) is 30.9 Å². The van der Waals surface area contributed by atoms with Crippen molar-refractivity contribution < 1.29 is 4.74 Å². The first-order valence-corrected chi connectivity index (χ1v) is 6.60.